The molecule has 4 aromatic rings. The number of ether oxygens (including phenoxy) is 1. The third-order valence-corrected chi connectivity index (χ3v) is 4.12. The van der Waals surface area contributed by atoms with Crippen molar-refractivity contribution >= 4 is 16.9 Å². The summed E-state index contributed by atoms with van der Waals surface area (Å²) in [5, 5.41) is 0. The molecule has 0 aliphatic rings. The number of nitrogens with zero attached hydrogens (tertiary/aromatic N) is 4. The summed E-state index contributed by atoms with van der Waals surface area (Å²) in [5.41, 5.74) is 4.35. The minimum Gasteiger partial charge on any atom is -0.487 e. The molecule has 0 amide bonds. The molecule has 5 heteroatoms. The first kappa shape index (κ1) is 16.0. The van der Waals surface area contributed by atoms with Crippen molar-refractivity contribution in [3.8, 4) is 0 Å². The highest BCUT2D eigenvalue weighted by atomic mass is 16.5. The third kappa shape index (κ3) is 3.32. The number of aromatic nitrogens is 4. The van der Waals surface area contributed by atoms with Crippen molar-refractivity contribution in [1.82, 2.24) is 19.5 Å². The summed E-state index contributed by atoms with van der Waals surface area (Å²) in [6.45, 7) is 5.16. The molecular weight excluding hydrogens is 324 g/mol. The van der Waals surface area contributed by atoms with Gasteiger partial charge in [-0.1, -0.05) is 67.2 Å². The van der Waals surface area contributed by atoms with Crippen LogP contribution in [0.3, 0.4) is 0 Å². The molecule has 128 valence electrons. The van der Waals surface area contributed by atoms with E-state index in [1.165, 1.54) is 11.9 Å². The molecule has 4 rings (SSSR count). The highest BCUT2D eigenvalue weighted by Crippen LogP contribution is 2.21. The van der Waals surface area contributed by atoms with Crippen LogP contribution in [0, 0.1) is 0 Å². The van der Waals surface area contributed by atoms with E-state index < -0.39 is 0 Å². The molecule has 2 aromatic carbocycles. The maximum Gasteiger partial charge on any atom is 0.164 e. The first-order chi connectivity index (χ1) is 12.8. The Morgan fingerprint density at radius 1 is 0.885 bits per heavy atom. The highest BCUT2D eigenvalue weighted by Gasteiger charge is 2.14. The van der Waals surface area contributed by atoms with E-state index in [0.717, 1.165) is 11.2 Å². The van der Waals surface area contributed by atoms with Crippen molar-refractivity contribution in [2.24, 2.45) is 0 Å². The molecule has 0 saturated heterocycles. The van der Waals surface area contributed by atoms with Crippen molar-refractivity contribution in [3.63, 3.8) is 0 Å². The molecule has 26 heavy (non-hydrogen) atoms. The summed E-state index contributed by atoms with van der Waals surface area (Å²) >= 11 is 0. The zero-order valence-corrected chi connectivity index (χ0v) is 14.2. The maximum absolute atomic E-state index is 5.82. The van der Waals surface area contributed by atoms with Crippen molar-refractivity contribution in [2.75, 3.05) is 0 Å². The average molecular weight is 342 g/mol. The van der Waals surface area contributed by atoms with Gasteiger partial charge >= 0.3 is 0 Å². The molecular formula is C21H18N4O. The topological polar surface area (TPSA) is 52.8 Å². The van der Waals surface area contributed by atoms with Crippen molar-refractivity contribution < 1.29 is 4.74 Å². The first-order valence-electron chi connectivity index (χ1n) is 8.37. The molecule has 0 unspecified atom stereocenters. The number of hydrogen-bond donors (Lipinski definition) is 0. The van der Waals surface area contributed by atoms with Crippen molar-refractivity contribution in [2.45, 2.75) is 13.2 Å². The Labute approximate surface area is 151 Å². The molecule has 0 aliphatic carbocycles. The predicted octanol–water partition coefficient (Wildman–Crippen LogP) is 4.06. The zero-order valence-electron chi connectivity index (χ0n) is 14.2. The molecule has 0 radical (unpaired) electrons. The van der Waals surface area contributed by atoms with Gasteiger partial charge in [0, 0.05) is 0 Å². The van der Waals surface area contributed by atoms with Gasteiger partial charge in [0.25, 0.3) is 0 Å². The summed E-state index contributed by atoms with van der Waals surface area (Å²) in [6, 6.07) is 20.2. The van der Waals surface area contributed by atoms with Crippen LogP contribution in [0.15, 0.2) is 79.9 Å². The summed E-state index contributed by atoms with van der Waals surface area (Å²) in [7, 11) is 0. The van der Waals surface area contributed by atoms with E-state index in [0.29, 0.717) is 30.1 Å². The SMILES string of the molecule is C=C(OCc1ccccc1)c1ncnc2c1ncn2Cc1ccccc1. The van der Waals surface area contributed by atoms with Crippen LogP contribution in [0.4, 0.5) is 0 Å². The van der Waals surface area contributed by atoms with Crippen LogP contribution in [0.5, 0.6) is 0 Å². The minimum absolute atomic E-state index is 0.440. The molecule has 2 heterocycles. The molecule has 0 saturated carbocycles. The molecule has 0 atom stereocenters. The van der Waals surface area contributed by atoms with Gasteiger partial charge in [0.05, 0.1) is 12.9 Å². The quantitative estimate of drug-likeness (QED) is 0.496. The molecule has 0 bridgehead atoms. The molecule has 0 spiro atoms. The van der Waals surface area contributed by atoms with Crippen LogP contribution in [-0.2, 0) is 17.9 Å². The van der Waals surface area contributed by atoms with Gasteiger partial charge in [0.15, 0.2) is 5.65 Å². The average Bonchev–Trinajstić information content (AvgIpc) is 3.11. The standard InChI is InChI=1S/C21H18N4O/c1-16(26-13-18-10-6-3-7-11-18)19-20-21(23-14-22-19)25(15-24-20)12-17-8-4-2-5-9-17/h2-11,14-15H,1,12-13H2. The van der Waals surface area contributed by atoms with Gasteiger partial charge in [0.1, 0.15) is 29.9 Å². The highest BCUT2D eigenvalue weighted by molar-refractivity contribution is 5.82. The fourth-order valence-corrected chi connectivity index (χ4v) is 2.79. The van der Waals surface area contributed by atoms with Crippen LogP contribution in [0.2, 0.25) is 0 Å². The van der Waals surface area contributed by atoms with Crippen LogP contribution >= 0.6 is 0 Å². The van der Waals surface area contributed by atoms with Gasteiger partial charge in [-0.05, 0) is 11.1 Å². The summed E-state index contributed by atoms with van der Waals surface area (Å²) in [5.74, 6) is 0.492. The Morgan fingerprint density at radius 2 is 1.58 bits per heavy atom. The van der Waals surface area contributed by atoms with E-state index in [1.54, 1.807) is 6.33 Å². The van der Waals surface area contributed by atoms with Gasteiger partial charge in [-0.3, -0.25) is 0 Å². The Morgan fingerprint density at radius 3 is 2.31 bits per heavy atom. The number of fused-ring (bicyclic) bond motifs is 1. The third-order valence-electron chi connectivity index (χ3n) is 4.12. The fourth-order valence-electron chi connectivity index (χ4n) is 2.79. The fraction of sp³-hybridized carbons (Fsp3) is 0.0952. The van der Waals surface area contributed by atoms with Crippen molar-refractivity contribution in [1.29, 1.82) is 0 Å². The maximum atomic E-state index is 5.82. The second-order valence-electron chi connectivity index (χ2n) is 5.95. The number of rotatable bonds is 6. The van der Waals surface area contributed by atoms with Gasteiger partial charge < -0.3 is 9.30 Å². The van der Waals surface area contributed by atoms with E-state index in [2.05, 4.69) is 33.7 Å². The van der Waals surface area contributed by atoms with Crippen LogP contribution in [0.1, 0.15) is 16.8 Å². The van der Waals surface area contributed by atoms with E-state index >= 15 is 0 Å². The molecule has 0 aliphatic heterocycles. The molecule has 0 fully saturated rings. The second-order valence-corrected chi connectivity index (χ2v) is 5.95. The van der Waals surface area contributed by atoms with Crippen LogP contribution in [0.25, 0.3) is 16.9 Å². The molecule has 0 N–H and O–H groups in total. The van der Waals surface area contributed by atoms with Crippen molar-refractivity contribution in [3.05, 3.63) is 96.7 Å². The zero-order chi connectivity index (χ0) is 17.8. The lowest BCUT2D eigenvalue weighted by molar-refractivity contribution is 0.264. The number of imidazole rings is 1. The number of hydrogen-bond acceptors (Lipinski definition) is 4. The number of benzene rings is 2. The summed E-state index contributed by atoms with van der Waals surface area (Å²) in [6.07, 6.45) is 3.30. The second kappa shape index (κ2) is 7.19. The van der Waals surface area contributed by atoms with Gasteiger partial charge in [-0.15, -0.1) is 0 Å². The lowest BCUT2D eigenvalue weighted by Crippen LogP contribution is -2.01. The van der Waals surface area contributed by atoms with Gasteiger partial charge in [-0.25, -0.2) is 15.0 Å². The normalized spacial score (nSPS) is 10.8. The Bertz CT molecular complexity index is 1030. The Hall–Kier alpha value is -3.47. The van der Waals surface area contributed by atoms with E-state index in [-0.39, 0.29) is 0 Å². The largest absolute Gasteiger partial charge is 0.487 e. The Balaban J connectivity index is 1.57. The summed E-state index contributed by atoms with van der Waals surface area (Å²) in [4.78, 5) is 13.2. The smallest absolute Gasteiger partial charge is 0.164 e. The van der Waals surface area contributed by atoms with E-state index in [9.17, 15) is 0 Å². The van der Waals surface area contributed by atoms with Crippen LogP contribution in [-0.4, -0.2) is 19.5 Å². The predicted molar refractivity (Wildman–Crippen MR) is 101 cm³/mol. The molecule has 2 aromatic heterocycles. The first-order valence-corrected chi connectivity index (χ1v) is 8.37. The van der Waals surface area contributed by atoms with E-state index in [1.807, 2.05) is 53.1 Å². The van der Waals surface area contributed by atoms with E-state index in [4.69, 9.17) is 4.74 Å². The van der Waals surface area contributed by atoms with Crippen LogP contribution < -0.4 is 0 Å². The van der Waals surface area contributed by atoms with Gasteiger partial charge in [-0.2, -0.15) is 0 Å². The Kier molecular flexibility index (Phi) is 4.43. The monoisotopic (exact) mass is 342 g/mol. The summed E-state index contributed by atoms with van der Waals surface area (Å²) < 4.78 is 7.82. The minimum atomic E-state index is 0.440. The lowest BCUT2D eigenvalue weighted by atomic mass is 10.2. The molecule has 5 nitrogen and oxygen atoms in total. The lowest BCUT2D eigenvalue weighted by Gasteiger charge is -2.09. The van der Waals surface area contributed by atoms with Gasteiger partial charge in [0.2, 0.25) is 0 Å².